The third-order valence-electron chi connectivity index (χ3n) is 5.58. The summed E-state index contributed by atoms with van der Waals surface area (Å²) in [6.07, 6.45) is 0. The average molecular weight is 370 g/mol. The molecule has 6 rings (SSSR count). The molecule has 2 nitrogen and oxygen atoms in total. The van der Waals surface area contributed by atoms with Crippen LogP contribution in [0.2, 0.25) is 0 Å². The van der Waals surface area contributed by atoms with E-state index in [4.69, 9.17) is 4.98 Å². The maximum absolute atomic E-state index is 4.89. The van der Waals surface area contributed by atoms with Crippen LogP contribution in [0, 0.1) is 0 Å². The van der Waals surface area contributed by atoms with Crippen LogP contribution >= 0.6 is 0 Å². The van der Waals surface area contributed by atoms with Gasteiger partial charge >= 0.3 is 0 Å². The molecule has 0 saturated carbocycles. The molecular formula is C27H18N2. The van der Waals surface area contributed by atoms with Crippen molar-refractivity contribution < 1.29 is 0 Å². The Morgan fingerprint density at radius 1 is 0.552 bits per heavy atom. The molecule has 0 radical (unpaired) electrons. The predicted octanol–water partition coefficient (Wildman–Crippen LogP) is 7.00. The lowest BCUT2D eigenvalue weighted by molar-refractivity contribution is 1.18. The van der Waals surface area contributed by atoms with Crippen LogP contribution in [0.4, 0.5) is 0 Å². The second-order valence-corrected chi connectivity index (χ2v) is 7.31. The number of hydrogen-bond acceptors (Lipinski definition) is 1. The van der Waals surface area contributed by atoms with Gasteiger partial charge in [-0.05, 0) is 42.5 Å². The van der Waals surface area contributed by atoms with E-state index in [1.807, 2.05) is 12.1 Å². The molecule has 2 aromatic heterocycles. The van der Waals surface area contributed by atoms with Crippen molar-refractivity contribution in [2.45, 2.75) is 0 Å². The molecule has 0 aliphatic carbocycles. The van der Waals surface area contributed by atoms with Crippen molar-refractivity contribution in [3.05, 3.63) is 109 Å². The Labute approximate surface area is 168 Å². The average Bonchev–Trinajstić information content (AvgIpc) is 3.13. The minimum absolute atomic E-state index is 1.00. The lowest BCUT2D eigenvalue weighted by atomic mass is 10.1. The van der Waals surface area contributed by atoms with Crippen molar-refractivity contribution in [3.8, 4) is 16.9 Å². The molecule has 2 heteroatoms. The standard InChI is InChI=1S/C27H18N2/c1-2-9-21(10-3-1)29-26-13-7-5-11-22(26)23-18-20(15-17-27(23)29)25-16-14-19-8-4-6-12-24(19)28-25/h1-18H. The highest BCUT2D eigenvalue weighted by Crippen LogP contribution is 2.34. The van der Waals surface area contributed by atoms with Crippen LogP contribution < -0.4 is 0 Å². The zero-order valence-corrected chi connectivity index (χ0v) is 15.8. The van der Waals surface area contributed by atoms with E-state index in [-0.39, 0.29) is 0 Å². The highest BCUT2D eigenvalue weighted by molar-refractivity contribution is 6.10. The molecule has 136 valence electrons. The van der Waals surface area contributed by atoms with Gasteiger partial charge in [0.25, 0.3) is 0 Å². The maximum atomic E-state index is 4.89. The fraction of sp³-hybridized carbons (Fsp3) is 0. The topological polar surface area (TPSA) is 17.8 Å². The van der Waals surface area contributed by atoms with Crippen molar-refractivity contribution >= 4 is 32.7 Å². The van der Waals surface area contributed by atoms with Crippen LogP contribution in [-0.2, 0) is 0 Å². The SMILES string of the molecule is c1ccc(-n2c3ccccc3c3cc(-c4ccc5ccccc5n4)ccc32)cc1. The van der Waals surface area contributed by atoms with Gasteiger partial charge in [0.2, 0.25) is 0 Å². The Morgan fingerprint density at radius 3 is 2.24 bits per heavy atom. The van der Waals surface area contributed by atoms with E-state index in [1.54, 1.807) is 0 Å². The quantitative estimate of drug-likeness (QED) is 0.321. The van der Waals surface area contributed by atoms with E-state index in [0.29, 0.717) is 0 Å². The van der Waals surface area contributed by atoms with E-state index in [2.05, 4.69) is 102 Å². The van der Waals surface area contributed by atoms with Crippen LogP contribution in [-0.4, -0.2) is 9.55 Å². The van der Waals surface area contributed by atoms with Gasteiger partial charge < -0.3 is 4.57 Å². The lowest BCUT2D eigenvalue weighted by Crippen LogP contribution is -1.93. The fourth-order valence-electron chi connectivity index (χ4n) is 4.21. The summed E-state index contributed by atoms with van der Waals surface area (Å²) in [6, 6.07) is 38.3. The maximum Gasteiger partial charge on any atom is 0.0709 e. The fourth-order valence-corrected chi connectivity index (χ4v) is 4.21. The van der Waals surface area contributed by atoms with Crippen LogP contribution in [0.1, 0.15) is 0 Å². The monoisotopic (exact) mass is 370 g/mol. The number of hydrogen-bond donors (Lipinski definition) is 0. The highest BCUT2D eigenvalue weighted by atomic mass is 15.0. The molecule has 0 bridgehead atoms. The molecule has 0 spiro atoms. The number of fused-ring (bicyclic) bond motifs is 4. The second-order valence-electron chi connectivity index (χ2n) is 7.31. The lowest BCUT2D eigenvalue weighted by Gasteiger charge is -2.08. The number of aromatic nitrogens is 2. The zero-order valence-electron chi connectivity index (χ0n) is 15.8. The Balaban J connectivity index is 1.63. The first-order valence-corrected chi connectivity index (χ1v) is 9.83. The normalized spacial score (nSPS) is 11.4. The van der Waals surface area contributed by atoms with Crippen LogP contribution in [0.3, 0.4) is 0 Å². The van der Waals surface area contributed by atoms with Crippen molar-refractivity contribution in [1.29, 1.82) is 0 Å². The van der Waals surface area contributed by atoms with E-state index in [9.17, 15) is 0 Å². The van der Waals surface area contributed by atoms with E-state index in [0.717, 1.165) is 22.2 Å². The van der Waals surface area contributed by atoms with Gasteiger partial charge in [0.1, 0.15) is 0 Å². The molecular weight excluding hydrogens is 352 g/mol. The molecule has 0 saturated heterocycles. The number of para-hydroxylation sites is 3. The molecule has 0 atom stereocenters. The van der Waals surface area contributed by atoms with E-state index >= 15 is 0 Å². The smallest absolute Gasteiger partial charge is 0.0709 e. The molecule has 0 N–H and O–H groups in total. The van der Waals surface area contributed by atoms with E-state index < -0.39 is 0 Å². The first kappa shape index (κ1) is 16.1. The van der Waals surface area contributed by atoms with Gasteiger partial charge in [0.15, 0.2) is 0 Å². The molecule has 0 amide bonds. The summed E-state index contributed by atoms with van der Waals surface area (Å²) in [5.74, 6) is 0. The molecule has 4 aromatic carbocycles. The Morgan fingerprint density at radius 2 is 1.31 bits per heavy atom. The predicted molar refractivity (Wildman–Crippen MR) is 122 cm³/mol. The van der Waals surface area contributed by atoms with Gasteiger partial charge in [0.05, 0.1) is 22.2 Å². The summed E-state index contributed by atoms with van der Waals surface area (Å²) in [5.41, 5.74) is 6.77. The van der Waals surface area contributed by atoms with Crippen LogP contribution in [0.15, 0.2) is 109 Å². The Hall–Kier alpha value is -3.91. The van der Waals surface area contributed by atoms with Crippen molar-refractivity contribution in [1.82, 2.24) is 9.55 Å². The summed E-state index contributed by atoms with van der Waals surface area (Å²) in [5, 5.41) is 3.67. The minimum Gasteiger partial charge on any atom is -0.309 e. The summed E-state index contributed by atoms with van der Waals surface area (Å²) in [6.45, 7) is 0. The molecule has 0 aliphatic heterocycles. The van der Waals surface area contributed by atoms with Gasteiger partial charge in [-0.2, -0.15) is 0 Å². The van der Waals surface area contributed by atoms with Crippen LogP contribution in [0.25, 0.3) is 49.7 Å². The van der Waals surface area contributed by atoms with E-state index in [1.165, 1.54) is 27.5 Å². The Kier molecular flexibility index (Phi) is 3.50. The van der Waals surface area contributed by atoms with Crippen molar-refractivity contribution in [2.75, 3.05) is 0 Å². The van der Waals surface area contributed by atoms with Gasteiger partial charge in [-0.15, -0.1) is 0 Å². The number of rotatable bonds is 2. The van der Waals surface area contributed by atoms with Gasteiger partial charge in [0, 0.05) is 27.4 Å². The summed E-state index contributed by atoms with van der Waals surface area (Å²) < 4.78 is 2.34. The molecule has 6 aromatic rings. The zero-order chi connectivity index (χ0) is 19.2. The van der Waals surface area contributed by atoms with Crippen molar-refractivity contribution in [3.63, 3.8) is 0 Å². The number of pyridine rings is 1. The third kappa shape index (κ3) is 2.54. The third-order valence-corrected chi connectivity index (χ3v) is 5.58. The minimum atomic E-state index is 1.00. The largest absolute Gasteiger partial charge is 0.309 e. The van der Waals surface area contributed by atoms with Crippen LogP contribution in [0.5, 0.6) is 0 Å². The Bertz CT molecular complexity index is 1490. The first-order chi connectivity index (χ1) is 14.4. The summed E-state index contributed by atoms with van der Waals surface area (Å²) in [4.78, 5) is 4.89. The number of nitrogens with zero attached hydrogens (tertiary/aromatic N) is 2. The van der Waals surface area contributed by atoms with Gasteiger partial charge in [-0.1, -0.05) is 66.7 Å². The summed E-state index contributed by atoms with van der Waals surface area (Å²) >= 11 is 0. The molecule has 0 fully saturated rings. The molecule has 2 heterocycles. The molecule has 0 unspecified atom stereocenters. The molecule has 0 aliphatic rings. The van der Waals surface area contributed by atoms with Gasteiger partial charge in [-0.3, -0.25) is 0 Å². The number of benzene rings is 4. The van der Waals surface area contributed by atoms with Gasteiger partial charge in [-0.25, -0.2) is 4.98 Å². The summed E-state index contributed by atoms with van der Waals surface area (Å²) in [7, 11) is 0. The molecule has 29 heavy (non-hydrogen) atoms. The highest BCUT2D eigenvalue weighted by Gasteiger charge is 2.13. The van der Waals surface area contributed by atoms with Crippen molar-refractivity contribution in [2.24, 2.45) is 0 Å². The second kappa shape index (κ2) is 6.32. The first-order valence-electron chi connectivity index (χ1n) is 9.83.